The third-order valence-corrected chi connectivity index (χ3v) is 2.53. The van der Waals surface area contributed by atoms with Gasteiger partial charge in [-0.05, 0) is 23.8 Å². The summed E-state index contributed by atoms with van der Waals surface area (Å²) in [4.78, 5) is 10.8. The number of rotatable bonds is 5. The lowest BCUT2D eigenvalue weighted by Crippen LogP contribution is -1.94. The zero-order valence-corrected chi connectivity index (χ0v) is 10.5. The van der Waals surface area contributed by atoms with Gasteiger partial charge in [0.05, 0.1) is 13.7 Å². The molecule has 0 amide bonds. The predicted molar refractivity (Wildman–Crippen MR) is 66.2 cm³/mol. The van der Waals surface area contributed by atoms with Crippen molar-refractivity contribution in [1.29, 1.82) is 0 Å². The number of ether oxygens (including phenoxy) is 2. The SMILES string of the molecule is COCc1cc(OC)cc(-c2cc(C(=O)O)no2)c1. The van der Waals surface area contributed by atoms with E-state index in [-0.39, 0.29) is 5.69 Å². The lowest BCUT2D eigenvalue weighted by Gasteiger charge is -2.06. The molecule has 0 fully saturated rings. The maximum atomic E-state index is 10.8. The molecule has 0 bridgehead atoms. The number of carbonyl (C=O) groups is 1. The van der Waals surface area contributed by atoms with Crippen LogP contribution in [0.1, 0.15) is 16.1 Å². The summed E-state index contributed by atoms with van der Waals surface area (Å²) in [5.41, 5.74) is 1.45. The molecule has 0 atom stereocenters. The van der Waals surface area contributed by atoms with Gasteiger partial charge in [-0.15, -0.1) is 0 Å². The van der Waals surface area contributed by atoms with Gasteiger partial charge in [0.15, 0.2) is 11.5 Å². The molecule has 6 heteroatoms. The van der Waals surface area contributed by atoms with Crippen molar-refractivity contribution in [2.75, 3.05) is 14.2 Å². The predicted octanol–water partition coefficient (Wildman–Crippen LogP) is 2.19. The zero-order valence-electron chi connectivity index (χ0n) is 10.5. The molecular formula is C13H13NO5. The summed E-state index contributed by atoms with van der Waals surface area (Å²) in [6.45, 7) is 0.421. The number of carboxylic acids is 1. The van der Waals surface area contributed by atoms with Crippen LogP contribution in [0.25, 0.3) is 11.3 Å². The van der Waals surface area contributed by atoms with Crippen molar-refractivity contribution in [3.63, 3.8) is 0 Å². The average molecular weight is 263 g/mol. The Kier molecular flexibility index (Phi) is 3.82. The molecule has 19 heavy (non-hydrogen) atoms. The number of benzene rings is 1. The zero-order chi connectivity index (χ0) is 13.8. The molecule has 100 valence electrons. The second-order valence-corrected chi connectivity index (χ2v) is 3.88. The summed E-state index contributed by atoms with van der Waals surface area (Å²) in [6.07, 6.45) is 0. The van der Waals surface area contributed by atoms with Crippen LogP contribution in [0.4, 0.5) is 0 Å². The Bertz CT molecular complexity index is 590. The summed E-state index contributed by atoms with van der Waals surface area (Å²) >= 11 is 0. The third kappa shape index (κ3) is 2.92. The van der Waals surface area contributed by atoms with Gasteiger partial charge in [0.1, 0.15) is 5.75 Å². The van der Waals surface area contributed by atoms with Crippen LogP contribution in [-0.4, -0.2) is 30.5 Å². The molecule has 1 heterocycles. The first-order chi connectivity index (χ1) is 9.13. The number of aromatic carboxylic acids is 1. The first-order valence-electron chi connectivity index (χ1n) is 5.51. The second-order valence-electron chi connectivity index (χ2n) is 3.88. The van der Waals surface area contributed by atoms with E-state index < -0.39 is 5.97 Å². The van der Waals surface area contributed by atoms with Crippen molar-refractivity contribution in [2.24, 2.45) is 0 Å². The first-order valence-corrected chi connectivity index (χ1v) is 5.51. The van der Waals surface area contributed by atoms with E-state index in [2.05, 4.69) is 5.16 Å². The van der Waals surface area contributed by atoms with Crippen LogP contribution in [0.5, 0.6) is 5.75 Å². The second kappa shape index (κ2) is 5.53. The largest absolute Gasteiger partial charge is 0.497 e. The van der Waals surface area contributed by atoms with E-state index in [0.717, 1.165) is 5.56 Å². The Hall–Kier alpha value is -2.34. The van der Waals surface area contributed by atoms with Crippen LogP contribution in [-0.2, 0) is 11.3 Å². The van der Waals surface area contributed by atoms with Crippen LogP contribution in [0.15, 0.2) is 28.8 Å². The van der Waals surface area contributed by atoms with Crippen LogP contribution in [0.2, 0.25) is 0 Å². The monoisotopic (exact) mass is 263 g/mol. The summed E-state index contributed by atoms with van der Waals surface area (Å²) < 4.78 is 15.3. The first kappa shape index (κ1) is 13.1. The minimum absolute atomic E-state index is 0.133. The minimum Gasteiger partial charge on any atom is -0.497 e. The van der Waals surface area contributed by atoms with Crippen LogP contribution >= 0.6 is 0 Å². The Morgan fingerprint density at radius 2 is 2.11 bits per heavy atom. The Labute approximate surface area is 109 Å². The van der Waals surface area contributed by atoms with E-state index in [1.165, 1.54) is 6.07 Å². The molecule has 2 rings (SSSR count). The molecule has 6 nitrogen and oxygen atoms in total. The molecule has 0 aliphatic heterocycles. The summed E-state index contributed by atoms with van der Waals surface area (Å²) in [5, 5.41) is 12.3. The highest BCUT2D eigenvalue weighted by Crippen LogP contribution is 2.27. The van der Waals surface area contributed by atoms with E-state index >= 15 is 0 Å². The van der Waals surface area contributed by atoms with Crippen LogP contribution in [0, 0.1) is 0 Å². The van der Waals surface area contributed by atoms with E-state index in [9.17, 15) is 4.79 Å². The van der Waals surface area contributed by atoms with Crippen molar-refractivity contribution in [3.8, 4) is 17.1 Å². The van der Waals surface area contributed by atoms with E-state index in [1.54, 1.807) is 20.3 Å². The maximum absolute atomic E-state index is 10.8. The van der Waals surface area contributed by atoms with Gasteiger partial charge in [0.2, 0.25) is 0 Å². The lowest BCUT2D eigenvalue weighted by atomic mass is 10.1. The highest BCUT2D eigenvalue weighted by atomic mass is 16.5. The van der Waals surface area contributed by atoms with Crippen LogP contribution < -0.4 is 4.74 Å². The van der Waals surface area contributed by atoms with Gasteiger partial charge in [-0.3, -0.25) is 0 Å². The third-order valence-electron chi connectivity index (χ3n) is 2.53. The van der Waals surface area contributed by atoms with Gasteiger partial charge in [0.25, 0.3) is 0 Å². The van der Waals surface area contributed by atoms with Gasteiger partial charge < -0.3 is 19.1 Å². The van der Waals surface area contributed by atoms with Crippen LogP contribution in [0.3, 0.4) is 0 Å². The van der Waals surface area contributed by atoms with Gasteiger partial charge in [0, 0.05) is 18.7 Å². The number of hydrogen-bond acceptors (Lipinski definition) is 5. The van der Waals surface area contributed by atoms with Gasteiger partial charge in [-0.25, -0.2) is 4.79 Å². The average Bonchev–Trinajstić information content (AvgIpc) is 2.88. The Morgan fingerprint density at radius 1 is 1.32 bits per heavy atom. The molecule has 0 aliphatic carbocycles. The molecular weight excluding hydrogens is 250 g/mol. The molecule has 0 aliphatic rings. The van der Waals surface area contributed by atoms with E-state index in [0.29, 0.717) is 23.7 Å². The fraction of sp³-hybridized carbons (Fsp3) is 0.231. The highest BCUT2D eigenvalue weighted by molar-refractivity contribution is 5.86. The quantitative estimate of drug-likeness (QED) is 0.890. The molecule has 1 aromatic carbocycles. The summed E-state index contributed by atoms with van der Waals surface area (Å²) in [5.74, 6) is -0.124. The molecule has 0 unspecified atom stereocenters. The van der Waals surface area contributed by atoms with Crippen molar-refractivity contribution >= 4 is 5.97 Å². The standard InChI is InChI=1S/C13H13NO5/c1-17-7-8-3-9(5-10(4-8)18-2)12-6-11(13(15)16)14-19-12/h3-6H,7H2,1-2H3,(H,15,16). The van der Waals surface area contributed by atoms with Crippen molar-refractivity contribution in [2.45, 2.75) is 6.61 Å². The number of nitrogens with zero attached hydrogens (tertiary/aromatic N) is 1. The van der Waals surface area contributed by atoms with Crippen molar-refractivity contribution in [1.82, 2.24) is 5.16 Å². The van der Waals surface area contributed by atoms with Crippen molar-refractivity contribution < 1.29 is 23.9 Å². The normalized spacial score (nSPS) is 10.4. The molecule has 0 spiro atoms. The van der Waals surface area contributed by atoms with Gasteiger partial charge >= 0.3 is 5.97 Å². The summed E-state index contributed by atoms with van der Waals surface area (Å²) in [7, 11) is 3.15. The van der Waals surface area contributed by atoms with E-state index in [1.807, 2.05) is 12.1 Å². The topological polar surface area (TPSA) is 81.8 Å². The lowest BCUT2D eigenvalue weighted by molar-refractivity contribution is 0.0686. The maximum Gasteiger partial charge on any atom is 0.358 e. The minimum atomic E-state index is -1.13. The van der Waals surface area contributed by atoms with Gasteiger partial charge in [-0.1, -0.05) is 5.16 Å². The molecule has 0 saturated heterocycles. The Balaban J connectivity index is 2.41. The fourth-order valence-corrected chi connectivity index (χ4v) is 1.68. The molecule has 1 aromatic heterocycles. The molecule has 2 aromatic rings. The van der Waals surface area contributed by atoms with Crippen molar-refractivity contribution in [3.05, 3.63) is 35.5 Å². The molecule has 0 saturated carbocycles. The highest BCUT2D eigenvalue weighted by Gasteiger charge is 2.13. The van der Waals surface area contributed by atoms with Gasteiger partial charge in [-0.2, -0.15) is 0 Å². The Morgan fingerprint density at radius 3 is 2.68 bits per heavy atom. The smallest absolute Gasteiger partial charge is 0.358 e. The number of carboxylic acid groups (broad SMARTS) is 1. The number of hydrogen-bond donors (Lipinski definition) is 1. The van der Waals surface area contributed by atoms with E-state index in [4.69, 9.17) is 19.1 Å². The number of aromatic nitrogens is 1. The molecule has 0 radical (unpaired) electrons. The molecule has 1 N–H and O–H groups in total. The summed E-state index contributed by atoms with van der Waals surface area (Å²) in [6, 6.07) is 6.78. The fourth-order valence-electron chi connectivity index (χ4n) is 1.68. The number of methoxy groups -OCH3 is 2.